The largest absolute Gasteiger partial charge is 0.494 e. The third kappa shape index (κ3) is 3.84. The number of para-hydroxylation sites is 1. The Morgan fingerprint density at radius 3 is 2.76 bits per heavy atom. The Labute approximate surface area is 164 Å². The van der Waals surface area contributed by atoms with Gasteiger partial charge in [-0.2, -0.15) is 4.68 Å². The van der Waals surface area contributed by atoms with E-state index in [2.05, 4.69) is 20.8 Å². The lowest BCUT2D eigenvalue weighted by Crippen LogP contribution is -2.29. The number of carbonyl (C=O) groups excluding carboxylic acids is 1. The second-order valence-electron chi connectivity index (χ2n) is 6.10. The molecule has 0 unspecified atom stereocenters. The highest BCUT2D eigenvalue weighted by Crippen LogP contribution is 2.16. The first-order valence-corrected chi connectivity index (χ1v) is 8.97. The van der Waals surface area contributed by atoms with Crippen molar-refractivity contribution in [3.8, 4) is 11.4 Å². The summed E-state index contributed by atoms with van der Waals surface area (Å²) in [6.07, 6.45) is 0. The van der Waals surface area contributed by atoms with Crippen molar-refractivity contribution in [2.24, 2.45) is 0 Å². The van der Waals surface area contributed by atoms with Crippen LogP contribution in [0.25, 0.3) is 16.7 Å². The minimum absolute atomic E-state index is 0.0330. The topological polar surface area (TPSA) is 112 Å². The van der Waals surface area contributed by atoms with Crippen LogP contribution in [0.5, 0.6) is 5.75 Å². The molecule has 0 aliphatic heterocycles. The molecule has 9 nitrogen and oxygen atoms in total. The van der Waals surface area contributed by atoms with Gasteiger partial charge in [-0.25, -0.2) is 4.79 Å². The maximum atomic E-state index is 12.5. The Balaban J connectivity index is 1.51. The summed E-state index contributed by atoms with van der Waals surface area (Å²) in [5.41, 5.74) is 0.359. The van der Waals surface area contributed by atoms with Gasteiger partial charge in [-0.05, 0) is 53.7 Å². The highest BCUT2D eigenvalue weighted by molar-refractivity contribution is 5.96. The number of nitrogens with zero attached hydrogens (tertiary/aromatic N) is 4. The van der Waals surface area contributed by atoms with E-state index >= 15 is 0 Å². The summed E-state index contributed by atoms with van der Waals surface area (Å²) in [7, 11) is 0. The van der Waals surface area contributed by atoms with Crippen molar-refractivity contribution in [1.29, 1.82) is 0 Å². The summed E-state index contributed by atoms with van der Waals surface area (Å²) >= 11 is 0. The molecule has 0 aliphatic carbocycles. The highest BCUT2D eigenvalue weighted by atomic mass is 16.5. The quantitative estimate of drug-likeness (QED) is 0.501. The third-order valence-electron chi connectivity index (χ3n) is 4.22. The van der Waals surface area contributed by atoms with Crippen molar-refractivity contribution < 1.29 is 13.9 Å². The first-order valence-electron chi connectivity index (χ1n) is 8.97. The van der Waals surface area contributed by atoms with Gasteiger partial charge in [0, 0.05) is 5.39 Å². The Kier molecular flexibility index (Phi) is 5.02. The van der Waals surface area contributed by atoms with Crippen LogP contribution in [-0.2, 0) is 6.54 Å². The van der Waals surface area contributed by atoms with Crippen molar-refractivity contribution in [1.82, 2.24) is 25.5 Å². The highest BCUT2D eigenvalue weighted by Gasteiger charge is 2.15. The fourth-order valence-electron chi connectivity index (χ4n) is 2.84. The summed E-state index contributed by atoms with van der Waals surface area (Å²) in [4.78, 5) is 24.6. The molecule has 4 aromatic rings. The predicted molar refractivity (Wildman–Crippen MR) is 104 cm³/mol. The molecule has 2 heterocycles. The zero-order valence-corrected chi connectivity index (χ0v) is 15.5. The van der Waals surface area contributed by atoms with Gasteiger partial charge in [0.2, 0.25) is 0 Å². The molecule has 1 N–H and O–H groups in total. The van der Waals surface area contributed by atoms with Crippen LogP contribution in [0.2, 0.25) is 0 Å². The van der Waals surface area contributed by atoms with Crippen molar-refractivity contribution in [2.75, 3.05) is 6.61 Å². The van der Waals surface area contributed by atoms with Crippen LogP contribution in [0, 0.1) is 0 Å². The summed E-state index contributed by atoms with van der Waals surface area (Å²) in [6, 6.07) is 15.7. The van der Waals surface area contributed by atoms with Crippen LogP contribution >= 0.6 is 0 Å². The smallest absolute Gasteiger partial charge is 0.349 e. The number of benzene rings is 2. The van der Waals surface area contributed by atoms with Crippen molar-refractivity contribution in [2.45, 2.75) is 13.5 Å². The van der Waals surface area contributed by atoms with Gasteiger partial charge < -0.3 is 14.5 Å². The average Bonchev–Trinajstić information content (AvgIpc) is 3.21. The standard InChI is InChI=1S/C20H17N5O4/c1-2-28-15-9-7-14(8-10-15)25-18(22-23-24-25)12-21-19(26)16-11-13-5-3-4-6-17(13)29-20(16)27/h3-11H,2,12H2,1H3,(H,21,26). The molecule has 0 aliphatic rings. The maximum Gasteiger partial charge on any atom is 0.349 e. The number of amides is 1. The van der Waals surface area contributed by atoms with Gasteiger partial charge in [0.25, 0.3) is 5.91 Å². The zero-order chi connectivity index (χ0) is 20.2. The number of carbonyl (C=O) groups is 1. The molecule has 0 radical (unpaired) electrons. The average molecular weight is 391 g/mol. The Morgan fingerprint density at radius 1 is 1.17 bits per heavy atom. The number of rotatable bonds is 6. The van der Waals surface area contributed by atoms with Crippen molar-refractivity contribution in [3.63, 3.8) is 0 Å². The van der Waals surface area contributed by atoms with Gasteiger partial charge >= 0.3 is 5.63 Å². The van der Waals surface area contributed by atoms with E-state index in [1.165, 1.54) is 10.7 Å². The lowest BCUT2D eigenvalue weighted by atomic mass is 10.2. The molecule has 1 amide bonds. The monoisotopic (exact) mass is 391 g/mol. The molecule has 0 spiro atoms. The number of hydrogen-bond acceptors (Lipinski definition) is 7. The first-order chi connectivity index (χ1) is 14.2. The number of aromatic nitrogens is 4. The lowest BCUT2D eigenvalue weighted by Gasteiger charge is -2.08. The predicted octanol–water partition coefficient (Wildman–Crippen LogP) is 2.10. The zero-order valence-electron chi connectivity index (χ0n) is 15.5. The molecule has 0 bridgehead atoms. The van der Waals surface area contributed by atoms with Crippen LogP contribution in [0.3, 0.4) is 0 Å². The van der Waals surface area contributed by atoms with Gasteiger partial charge in [-0.1, -0.05) is 18.2 Å². The SMILES string of the molecule is CCOc1ccc(-n2nnnc2CNC(=O)c2cc3ccccc3oc2=O)cc1. The van der Waals surface area contributed by atoms with Crippen LogP contribution in [0.4, 0.5) is 0 Å². The number of ether oxygens (including phenoxy) is 1. The second-order valence-corrected chi connectivity index (χ2v) is 6.10. The molecule has 146 valence electrons. The number of nitrogens with one attached hydrogen (secondary N) is 1. The van der Waals surface area contributed by atoms with Crippen molar-refractivity contribution in [3.05, 3.63) is 76.4 Å². The van der Waals surface area contributed by atoms with E-state index in [4.69, 9.17) is 9.15 Å². The van der Waals surface area contributed by atoms with Gasteiger partial charge in [-0.15, -0.1) is 5.10 Å². The van der Waals surface area contributed by atoms with E-state index < -0.39 is 11.5 Å². The van der Waals surface area contributed by atoms with Gasteiger partial charge in [-0.3, -0.25) is 4.79 Å². The van der Waals surface area contributed by atoms with Gasteiger partial charge in [0.05, 0.1) is 18.8 Å². The molecule has 0 fully saturated rings. The van der Waals surface area contributed by atoms with E-state index in [0.717, 1.165) is 5.75 Å². The minimum Gasteiger partial charge on any atom is -0.494 e. The minimum atomic E-state index is -0.702. The van der Waals surface area contributed by atoms with Crippen molar-refractivity contribution >= 4 is 16.9 Å². The molecular formula is C20H17N5O4. The Hall–Kier alpha value is -4.01. The third-order valence-corrected chi connectivity index (χ3v) is 4.22. The molecule has 2 aromatic carbocycles. The first kappa shape index (κ1) is 18.4. The summed E-state index contributed by atoms with van der Waals surface area (Å²) in [6.45, 7) is 2.52. The Bertz CT molecular complexity index is 1210. The summed E-state index contributed by atoms with van der Waals surface area (Å²) in [5.74, 6) is 0.584. The summed E-state index contributed by atoms with van der Waals surface area (Å²) in [5, 5.41) is 14.9. The van der Waals surface area contributed by atoms with E-state index in [1.807, 2.05) is 31.2 Å². The van der Waals surface area contributed by atoms with Crippen LogP contribution in [0.15, 0.2) is 63.8 Å². The molecule has 29 heavy (non-hydrogen) atoms. The van der Waals surface area contributed by atoms with E-state index in [0.29, 0.717) is 29.1 Å². The van der Waals surface area contributed by atoms with E-state index in [1.54, 1.807) is 24.3 Å². The van der Waals surface area contributed by atoms with E-state index in [-0.39, 0.29) is 12.1 Å². The van der Waals surface area contributed by atoms with Gasteiger partial charge in [0.1, 0.15) is 16.9 Å². The number of fused-ring (bicyclic) bond motifs is 1. The normalized spacial score (nSPS) is 10.8. The molecule has 4 rings (SSSR count). The van der Waals surface area contributed by atoms with Crippen LogP contribution in [-0.4, -0.2) is 32.7 Å². The molecular weight excluding hydrogens is 374 g/mol. The molecule has 0 saturated carbocycles. The lowest BCUT2D eigenvalue weighted by molar-refractivity contribution is 0.0946. The number of hydrogen-bond donors (Lipinski definition) is 1. The molecule has 9 heteroatoms. The van der Waals surface area contributed by atoms with E-state index in [9.17, 15) is 9.59 Å². The fourth-order valence-corrected chi connectivity index (χ4v) is 2.84. The molecule has 0 saturated heterocycles. The number of tetrazole rings is 1. The molecule has 0 atom stereocenters. The Morgan fingerprint density at radius 2 is 1.97 bits per heavy atom. The van der Waals surface area contributed by atoms with Crippen LogP contribution in [0.1, 0.15) is 23.1 Å². The summed E-state index contributed by atoms with van der Waals surface area (Å²) < 4.78 is 12.1. The van der Waals surface area contributed by atoms with Gasteiger partial charge in [0.15, 0.2) is 5.82 Å². The second kappa shape index (κ2) is 7.93. The molecule has 2 aromatic heterocycles. The van der Waals surface area contributed by atoms with Crippen LogP contribution < -0.4 is 15.7 Å². The fraction of sp³-hybridized carbons (Fsp3) is 0.150. The maximum absolute atomic E-state index is 12.5.